The number of halogens is 3. The second kappa shape index (κ2) is 9.42. The number of nitrogens with one attached hydrogen (secondary N) is 1. The topological polar surface area (TPSA) is 82.3 Å². The summed E-state index contributed by atoms with van der Waals surface area (Å²) in [5.74, 6) is -2.14. The minimum Gasteiger partial charge on any atom is -0.490 e. The van der Waals surface area contributed by atoms with E-state index in [0.29, 0.717) is 32.3 Å². The van der Waals surface area contributed by atoms with Crippen molar-refractivity contribution in [3.05, 3.63) is 77.2 Å². The molecule has 0 aliphatic heterocycles. The van der Waals surface area contributed by atoms with Gasteiger partial charge >= 0.3 is 0 Å². The third-order valence-electron chi connectivity index (χ3n) is 5.46. The van der Waals surface area contributed by atoms with Gasteiger partial charge in [-0.1, -0.05) is 12.1 Å². The molecular weight excluding hydrogens is 449 g/mol. The van der Waals surface area contributed by atoms with E-state index in [-0.39, 0.29) is 30.2 Å². The molecule has 34 heavy (non-hydrogen) atoms. The van der Waals surface area contributed by atoms with Gasteiger partial charge in [0.1, 0.15) is 5.82 Å². The SMILES string of the molecule is CCOc1c(-c2cccc(F)c2)ccc(C(=O)N(C)Cc2c[n+](O)c(CF)c3cn[nH]c23)c1F. The Morgan fingerprint density at radius 3 is 2.76 bits per heavy atom. The smallest absolute Gasteiger partial charge is 0.275 e. The second-order valence-electron chi connectivity index (χ2n) is 7.65. The molecule has 2 aromatic carbocycles. The Kier molecular flexibility index (Phi) is 6.40. The summed E-state index contributed by atoms with van der Waals surface area (Å²) in [6.07, 6.45) is 2.65. The lowest BCUT2D eigenvalue weighted by atomic mass is 10.0. The van der Waals surface area contributed by atoms with Gasteiger partial charge in [-0.05, 0) is 36.8 Å². The van der Waals surface area contributed by atoms with Gasteiger partial charge in [0.15, 0.2) is 18.2 Å². The van der Waals surface area contributed by atoms with Crippen molar-refractivity contribution in [2.75, 3.05) is 13.7 Å². The number of hydrogen-bond acceptors (Lipinski definition) is 4. The lowest BCUT2D eigenvalue weighted by Gasteiger charge is -2.19. The first kappa shape index (κ1) is 23.1. The summed E-state index contributed by atoms with van der Waals surface area (Å²) >= 11 is 0. The fourth-order valence-electron chi connectivity index (χ4n) is 3.84. The van der Waals surface area contributed by atoms with Crippen LogP contribution in [-0.2, 0) is 13.2 Å². The van der Waals surface area contributed by atoms with Gasteiger partial charge in [-0.15, -0.1) is 0 Å². The van der Waals surface area contributed by atoms with Crippen LogP contribution in [0.5, 0.6) is 5.75 Å². The van der Waals surface area contributed by atoms with Crippen molar-refractivity contribution < 1.29 is 32.6 Å². The van der Waals surface area contributed by atoms with Gasteiger partial charge in [0.2, 0.25) is 6.20 Å². The van der Waals surface area contributed by atoms with Crippen LogP contribution in [0.4, 0.5) is 13.2 Å². The number of carbonyl (C=O) groups excluding carboxylic acids is 1. The number of rotatable bonds is 7. The van der Waals surface area contributed by atoms with Crippen LogP contribution in [0, 0.1) is 11.6 Å². The average molecular weight is 471 g/mol. The van der Waals surface area contributed by atoms with Gasteiger partial charge in [-0.3, -0.25) is 15.1 Å². The van der Waals surface area contributed by atoms with Crippen LogP contribution in [0.2, 0.25) is 0 Å². The zero-order valence-electron chi connectivity index (χ0n) is 18.5. The number of amides is 1. The Morgan fingerprint density at radius 1 is 1.26 bits per heavy atom. The molecule has 0 fully saturated rings. The number of hydrogen-bond donors (Lipinski definition) is 2. The summed E-state index contributed by atoms with van der Waals surface area (Å²) in [4.78, 5) is 14.4. The number of benzene rings is 2. The first-order chi connectivity index (χ1) is 16.3. The molecule has 176 valence electrons. The maximum absolute atomic E-state index is 15.5. The molecule has 10 heteroatoms. The molecule has 0 radical (unpaired) electrons. The Labute approximate surface area is 193 Å². The highest BCUT2D eigenvalue weighted by molar-refractivity contribution is 5.96. The molecule has 2 heterocycles. The van der Waals surface area contributed by atoms with Gasteiger partial charge in [-0.2, -0.15) is 5.10 Å². The highest BCUT2D eigenvalue weighted by Gasteiger charge is 2.26. The van der Waals surface area contributed by atoms with Gasteiger partial charge in [0.25, 0.3) is 11.6 Å². The van der Waals surface area contributed by atoms with Crippen LogP contribution in [0.25, 0.3) is 22.0 Å². The number of aromatic nitrogens is 3. The number of nitrogens with zero attached hydrogens (tertiary/aromatic N) is 3. The molecule has 2 aromatic heterocycles. The van der Waals surface area contributed by atoms with Gasteiger partial charge in [0.05, 0.1) is 41.4 Å². The molecule has 0 spiro atoms. The van der Waals surface area contributed by atoms with Crippen LogP contribution < -0.4 is 9.47 Å². The van der Waals surface area contributed by atoms with E-state index in [4.69, 9.17) is 4.74 Å². The Hall–Kier alpha value is -4.08. The lowest BCUT2D eigenvalue weighted by molar-refractivity contribution is -0.909. The quantitative estimate of drug-likeness (QED) is 0.313. The summed E-state index contributed by atoms with van der Waals surface area (Å²) < 4.78 is 48.6. The molecule has 0 saturated carbocycles. The summed E-state index contributed by atoms with van der Waals surface area (Å²) in [7, 11) is 1.47. The van der Waals surface area contributed by atoms with Gasteiger partial charge < -0.3 is 9.64 Å². The number of aromatic amines is 1. The van der Waals surface area contributed by atoms with E-state index in [1.165, 1.54) is 54.7 Å². The van der Waals surface area contributed by atoms with Crippen LogP contribution in [-0.4, -0.2) is 39.9 Å². The maximum Gasteiger partial charge on any atom is 0.275 e. The summed E-state index contributed by atoms with van der Waals surface area (Å²) in [5, 5.41) is 17.1. The van der Waals surface area contributed by atoms with Crippen molar-refractivity contribution in [3.63, 3.8) is 0 Å². The molecule has 0 aliphatic rings. The minimum absolute atomic E-state index is 0.0156. The standard InChI is InChI=1S/C24H21F3N4O3/c1-3-34-23-17(14-5-4-6-16(26)9-14)7-8-18(21(23)27)24(32)30(2)12-15-13-31(33)20(10-25)19-11-28-29-22(15)19/h4-9,11,13,33H,3,10,12H2,1-2H3/p+1. The van der Waals surface area contributed by atoms with E-state index >= 15 is 4.39 Å². The first-order valence-corrected chi connectivity index (χ1v) is 10.5. The first-order valence-electron chi connectivity index (χ1n) is 10.5. The molecule has 7 nitrogen and oxygen atoms in total. The third-order valence-corrected chi connectivity index (χ3v) is 5.46. The molecule has 0 unspecified atom stereocenters. The molecule has 2 N–H and O–H groups in total. The molecule has 0 aliphatic carbocycles. The van der Waals surface area contributed by atoms with E-state index in [1.54, 1.807) is 13.0 Å². The number of alkyl halides is 1. The minimum atomic E-state index is -0.912. The van der Waals surface area contributed by atoms with Crippen LogP contribution in [0.15, 0.2) is 48.8 Å². The Morgan fingerprint density at radius 2 is 2.06 bits per heavy atom. The van der Waals surface area contributed by atoms with Crippen LogP contribution >= 0.6 is 0 Å². The van der Waals surface area contributed by atoms with Crippen molar-refractivity contribution in [1.29, 1.82) is 0 Å². The van der Waals surface area contributed by atoms with Crippen LogP contribution in [0.3, 0.4) is 0 Å². The van der Waals surface area contributed by atoms with Crippen molar-refractivity contribution in [2.24, 2.45) is 0 Å². The number of pyridine rings is 1. The number of fused-ring (bicyclic) bond motifs is 1. The normalized spacial score (nSPS) is 11.1. The van der Waals surface area contributed by atoms with E-state index < -0.39 is 24.2 Å². The number of ether oxygens (including phenoxy) is 1. The average Bonchev–Trinajstić information content (AvgIpc) is 3.30. The number of carbonyl (C=O) groups is 1. The molecule has 0 atom stereocenters. The van der Waals surface area contributed by atoms with E-state index in [1.807, 2.05) is 0 Å². The molecule has 4 rings (SSSR count). The van der Waals surface area contributed by atoms with Crippen molar-refractivity contribution in [3.8, 4) is 16.9 Å². The largest absolute Gasteiger partial charge is 0.490 e. The zero-order valence-corrected chi connectivity index (χ0v) is 18.5. The predicted molar refractivity (Wildman–Crippen MR) is 117 cm³/mol. The fourth-order valence-corrected chi connectivity index (χ4v) is 3.84. The molecule has 4 aromatic rings. The fraction of sp³-hybridized carbons (Fsp3) is 0.208. The van der Waals surface area contributed by atoms with Crippen LogP contribution in [0.1, 0.15) is 28.5 Å². The lowest BCUT2D eigenvalue weighted by Crippen LogP contribution is -2.36. The Balaban J connectivity index is 1.69. The number of H-pyrrole nitrogens is 1. The van der Waals surface area contributed by atoms with Crippen molar-refractivity contribution >= 4 is 16.8 Å². The Bertz CT molecular complexity index is 1370. The van der Waals surface area contributed by atoms with E-state index in [2.05, 4.69) is 10.2 Å². The molecule has 1 amide bonds. The van der Waals surface area contributed by atoms with Crippen molar-refractivity contribution in [1.82, 2.24) is 15.1 Å². The van der Waals surface area contributed by atoms with Crippen molar-refractivity contribution in [2.45, 2.75) is 20.1 Å². The van der Waals surface area contributed by atoms with Gasteiger partial charge in [-0.25, -0.2) is 13.2 Å². The van der Waals surface area contributed by atoms with Gasteiger partial charge in [0, 0.05) is 17.3 Å². The van der Waals surface area contributed by atoms with E-state index in [9.17, 15) is 18.8 Å². The molecule has 0 saturated heterocycles. The summed E-state index contributed by atoms with van der Waals surface area (Å²) in [6.45, 7) is 0.878. The highest BCUT2D eigenvalue weighted by atomic mass is 19.1. The van der Waals surface area contributed by atoms with E-state index in [0.717, 1.165) is 0 Å². The second-order valence-corrected chi connectivity index (χ2v) is 7.65. The zero-order chi connectivity index (χ0) is 24.4. The maximum atomic E-state index is 15.5. The predicted octanol–water partition coefficient (Wildman–Crippen LogP) is 4.17. The summed E-state index contributed by atoms with van der Waals surface area (Å²) in [6, 6.07) is 8.49. The molecular formula is C24H22F3N4O3+. The highest BCUT2D eigenvalue weighted by Crippen LogP contribution is 2.35. The third kappa shape index (κ3) is 4.14. The monoisotopic (exact) mass is 471 g/mol. The molecule has 0 bridgehead atoms. The summed E-state index contributed by atoms with van der Waals surface area (Å²) in [5.41, 5.74) is 1.42.